The van der Waals surface area contributed by atoms with E-state index in [1.165, 1.54) is 24.7 Å². The van der Waals surface area contributed by atoms with Crippen LogP contribution in [0.15, 0.2) is 48.9 Å². The number of halogens is 1. The van der Waals surface area contributed by atoms with Crippen LogP contribution in [0.2, 0.25) is 0 Å². The molecule has 0 aliphatic carbocycles. The second kappa shape index (κ2) is 14.8. The molecule has 4 heterocycles. The number of hydrogen-bond donors (Lipinski definition) is 6. The fraction of sp³-hybridized carbons (Fsp3) is 0.278. The molecule has 2 aliphatic heterocycles. The standard InChI is InChI=1S/C36H36FN9O6/c1-18-22(15-40-17-24(18)38)21-13-19-14-27(43-16-23(19)33(39)32(21)37)44-30(49)10-12-42-28(47)7-2-3-11-41-25-6-4-5-20-31(25)36(52)46(35(20)51)26-8-9-29(48)45-34(26)50/h4-6,13-17,26,41H,2-3,7-12,38-39H2,1H3,(H,42,47)(H,43,44,49)(H,45,48,50). The maximum atomic E-state index is 15.2. The number of nitrogens with one attached hydrogen (secondary N) is 4. The molecule has 2 aromatic heterocycles. The number of nitrogens with two attached hydrogens (primary N) is 2. The summed E-state index contributed by atoms with van der Waals surface area (Å²) in [6, 6.07) is 6.94. The lowest BCUT2D eigenvalue weighted by Gasteiger charge is -2.27. The van der Waals surface area contributed by atoms with Crippen LogP contribution in [0.5, 0.6) is 0 Å². The average Bonchev–Trinajstić information content (AvgIpc) is 3.36. The van der Waals surface area contributed by atoms with Gasteiger partial charge in [0.2, 0.25) is 23.6 Å². The van der Waals surface area contributed by atoms with Crippen LogP contribution in [-0.4, -0.2) is 69.4 Å². The summed E-state index contributed by atoms with van der Waals surface area (Å²) in [6.07, 6.45) is 5.73. The molecule has 268 valence electrons. The molecule has 2 aromatic carbocycles. The molecule has 1 atom stereocenters. The summed E-state index contributed by atoms with van der Waals surface area (Å²) < 4.78 is 15.2. The predicted molar refractivity (Wildman–Crippen MR) is 190 cm³/mol. The number of amides is 6. The Hall–Kier alpha value is -6.45. The van der Waals surface area contributed by atoms with Crippen molar-refractivity contribution in [2.24, 2.45) is 0 Å². The van der Waals surface area contributed by atoms with Crippen LogP contribution >= 0.6 is 0 Å². The van der Waals surface area contributed by atoms with E-state index in [2.05, 4.69) is 31.2 Å². The molecule has 0 radical (unpaired) electrons. The molecule has 4 aromatic rings. The third-order valence-corrected chi connectivity index (χ3v) is 9.10. The smallest absolute Gasteiger partial charge is 0.264 e. The van der Waals surface area contributed by atoms with Gasteiger partial charge < -0.3 is 27.4 Å². The Bertz CT molecular complexity index is 2160. The first-order valence-corrected chi connectivity index (χ1v) is 16.7. The number of carbonyl (C=O) groups excluding carboxylic acids is 6. The Labute approximate surface area is 296 Å². The average molecular weight is 710 g/mol. The topological polar surface area (TPSA) is 232 Å². The van der Waals surface area contributed by atoms with Gasteiger partial charge >= 0.3 is 0 Å². The first kappa shape index (κ1) is 35.4. The molecule has 1 fully saturated rings. The molecule has 1 unspecified atom stereocenters. The van der Waals surface area contributed by atoms with Crippen LogP contribution in [0.4, 0.5) is 27.3 Å². The van der Waals surface area contributed by atoms with E-state index in [1.54, 1.807) is 31.2 Å². The molecule has 6 amide bonds. The van der Waals surface area contributed by atoms with Crippen molar-refractivity contribution in [1.29, 1.82) is 0 Å². The van der Waals surface area contributed by atoms with Crippen LogP contribution in [0.1, 0.15) is 64.8 Å². The number of aromatic nitrogens is 2. The highest BCUT2D eigenvalue weighted by atomic mass is 19.1. The molecule has 16 heteroatoms. The second-order valence-electron chi connectivity index (χ2n) is 12.6. The van der Waals surface area contributed by atoms with Crippen LogP contribution in [-0.2, 0) is 19.2 Å². The van der Waals surface area contributed by atoms with Crippen LogP contribution < -0.4 is 32.7 Å². The summed E-state index contributed by atoms with van der Waals surface area (Å²) in [5.74, 6) is -3.33. The number of benzene rings is 2. The van der Waals surface area contributed by atoms with E-state index in [1.807, 2.05) is 0 Å². The zero-order valence-electron chi connectivity index (χ0n) is 28.2. The van der Waals surface area contributed by atoms with Gasteiger partial charge in [-0.2, -0.15) is 0 Å². The van der Waals surface area contributed by atoms with Gasteiger partial charge in [-0.3, -0.25) is 44.0 Å². The van der Waals surface area contributed by atoms with E-state index < -0.39 is 35.5 Å². The van der Waals surface area contributed by atoms with Gasteiger partial charge in [-0.05, 0) is 61.4 Å². The molecule has 8 N–H and O–H groups in total. The van der Waals surface area contributed by atoms with Crippen LogP contribution in [0.3, 0.4) is 0 Å². The highest BCUT2D eigenvalue weighted by Crippen LogP contribution is 2.36. The SMILES string of the molecule is Cc1c(N)cncc1-c1cc2cc(NC(=O)CCNC(=O)CCCCNc3cccc4c3C(=O)N(C3CCC(=O)NC3=O)C4=O)ncc2c(N)c1F. The number of imide groups is 2. The number of nitrogens with zero attached hydrogens (tertiary/aromatic N) is 3. The van der Waals surface area contributed by atoms with Crippen molar-refractivity contribution >= 4 is 69.1 Å². The van der Waals surface area contributed by atoms with Crippen molar-refractivity contribution in [1.82, 2.24) is 25.5 Å². The number of piperidine rings is 1. The first-order chi connectivity index (χ1) is 24.9. The summed E-state index contributed by atoms with van der Waals surface area (Å²) in [4.78, 5) is 84.3. The van der Waals surface area contributed by atoms with Crippen molar-refractivity contribution in [3.63, 3.8) is 0 Å². The molecule has 0 spiro atoms. The molecule has 15 nitrogen and oxygen atoms in total. The maximum Gasteiger partial charge on any atom is 0.264 e. The summed E-state index contributed by atoms with van der Waals surface area (Å²) in [5.41, 5.74) is 14.5. The van der Waals surface area contributed by atoms with E-state index in [4.69, 9.17) is 11.5 Å². The van der Waals surface area contributed by atoms with Gasteiger partial charge in [0.05, 0.1) is 28.7 Å². The number of fused-ring (bicyclic) bond motifs is 2. The van der Waals surface area contributed by atoms with Crippen LogP contribution in [0.25, 0.3) is 21.9 Å². The molecular formula is C36H36FN9O6. The highest BCUT2D eigenvalue weighted by molar-refractivity contribution is 6.25. The number of unbranched alkanes of at least 4 members (excludes halogenated alkanes) is 1. The van der Waals surface area contributed by atoms with Gasteiger partial charge in [0.15, 0.2) is 5.82 Å². The number of carbonyl (C=O) groups is 6. The predicted octanol–water partition coefficient (Wildman–Crippen LogP) is 3.04. The third-order valence-electron chi connectivity index (χ3n) is 9.10. The molecule has 52 heavy (non-hydrogen) atoms. The van der Waals surface area contributed by atoms with Gasteiger partial charge in [-0.1, -0.05) is 6.07 Å². The minimum absolute atomic E-state index is 0.0142. The van der Waals surface area contributed by atoms with Crippen LogP contribution in [0, 0.1) is 12.7 Å². The van der Waals surface area contributed by atoms with E-state index >= 15 is 4.39 Å². The Kier molecular flexibility index (Phi) is 10.1. The van der Waals surface area contributed by atoms with Gasteiger partial charge in [-0.15, -0.1) is 0 Å². The lowest BCUT2D eigenvalue weighted by atomic mass is 9.97. The lowest BCUT2D eigenvalue weighted by molar-refractivity contribution is -0.136. The summed E-state index contributed by atoms with van der Waals surface area (Å²) >= 11 is 0. The maximum absolute atomic E-state index is 15.2. The monoisotopic (exact) mass is 709 g/mol. The summed E-state index contributed by atoms with van der Waals surface area (Å²) in [6.45, 7) is 2.25. The number of nitrogen functional groups attached to an aromatic ring is 2. The Morgan fingerprint density at radius 2 is 1.77 bits per heavy atom. The second-order valence-corrected chi connectivity index (χ2v) is 12.6. The fourth-order valence-corrected chi connectivity index (χ4v) is 6.28. The third kappa shape index (κ3) is 7.08. The molecular weight excluding hydrogens is 673 g/mol. The largest absolute Gasteiger partial charge is 0.397 e. The van der Waals surface area contributed by atoms with Crippen molar-refractivity contribution in [3.8, 4) is 11.1 Å². The Morgan fingerprint density at radius 3 is 2.56 bits per heavy atom. The van der Waals surface area contributed by atoms with E-state index in [9.17, 15) is 28.8 Å². The normalized spacial score (nSPS) is 15.4. The van der Waals surface area contributed by atoms with E-state index in [0.717, 1.165) is 4.90 Å². The van der Waals surface area contributed by atoms with Crippen molar-refractivity contribution < 1.29 is 33.2 Å². The minimum atomic E-state index is -1.05. The van der Waals surface area contributed by atoms with E-state index in [-0.39, 0.29) is 72.2 Å². The highest BCUT2D eigenvalue weighted by Gasteiger charge is 2.45. The van der Waals surface area contributed by atoms with Gasteiger partial charge in [0, 0.05) is 66.9 Å². The van der Waals surface area contributed by atoms with E-state index in [0.29, 0.717) is 52.7 Å². The van der Waals surface area contributed by atoms with Crippen molar-refractivity contribution in [2.45, 2.75) is 51.5 Å². The molecule has 0 bridgehead atoms. The van der Waals surface area contributed by atoms with Gasteiger partial charge in [0.25, 0.3) is 11.8 Å². The zero-order chi connectivity index (χ0) is 37.1. The van der Waals surface area contributed by atoms with Gasteiger partial charge in [-0.25, -0.2) is 9.37 Å². The summed E-state index contributed by atoms with van der Waals surface area (Å²) in [5, 5.41) is 11.7. The Balaban J connectivity index is 0.949. The molecule has 1 saturated heterocycles. The first-order valence-electron chi connectivity index (χ1n) is 16.7. The zero-order valence-corrected chi connectivity index (χ0v) is 28.2. The van der Waals surface area contributed by atoms with Gasteiger partial charge in [0.1, 0.15) is 11.9 Å². The molecule has 0 saturated carbocycles. The quantitative estimate of drug-likeness (QED) is 0.0711. The number of anilines is 4. The lowest BCUT2D eigenvalue weighted by Crippen LogP contribution is -2.54. The number of rotatable bonds is 12. The summed E-state index contributed by atoms with van der Waals surface area (Å²) in [7, 11) is 0. The molecule has 2 aliphatic rings. The van der Waals surface area contributed by atoms with Crippen molar-refractivity contribution in [3.05, 3.63) is 71.4 Å². The number of hydrogen-bond acceptors (Lipinski definition) is 11. The minimum Gasteiger partial charge on any atom is -0.397 e. The number of pyridine rings is 2. The molecule has 6 rings (SSSR count). The van der Waals surface area contributed by atoms with Crippen molar-refractivity contribution in [2.75, 3.05) is 35.2 Å². The Morgan fingerprint density at radius 1 is 0.962 bits per heavy atom. The fourth-order valence-electron chi connectivity index (χ4n) is 6.28.